The molecule has 0 spiro atoms. The number of rotatable bonds is 8. The minimum absolute atomic E-state index is 0.0425. The Labute approximate surface area is 219 Å². The average Bonchev–Trinajstić information content (AvgIpc) is 3.35. The van der Waals surface area contributed by atoms with E-state index in [-0.39, 0.29) is 30.4 Å². The van der Waals surface area contributed by atoms with Gasteiger partial charge in [0.1, 0.15) is 18.9 Å². The molecule has 4 rings (SSSR count). The first-order chi connectivity index (χ1) is 16.9. The van der Waals surface area contributed by atoms with Crippen LogP contribution in [0.5, 0.6) is 5.75 Å². The van der Waals surface area contributed by atoms with Crippen molar-refractivity contribution in [2.24, 2.45) is 0 Å². The van der Waals surface area contributed by atoms with Crippen LogP contribution in [-0.4, -0.2) is 47.4 Å². The number of aryl methyl sites for hydroxylation is 1. The van der Waals surface area contributed by atoms with Gasteiger partial charge in [0.05, 0.1) is 6.04 Å². The monoisotopic (exact) mass is 554 g/mol. The highest BCUT2D eigenvalue weighted by molar-refractivity contribution is 9.10. The lowest BCUT2D eigenvalue weighted by Crippen LogP contribution is -2.49. The van der Waals surface area contributed by atoms with E-state index in [4.69, 9.17) is 4.74 Å². The van der Waals surface area contributed by atoms with Crippen molar-refractivity contribution in [3.63, 3.8) is 0 Å². The SMILES string of the molecule is CC[C@H](C)N(CC(=O)N1CCc2sccc2[C@@H]1COc1ccc(C)cc1)C(=O)c1cccc(Br)c1. The number of amides is 2. The van der Waals surface area contributed by atoms with Gasteiger partial charge in [-0.15, -0.1) is 11.3 Å². The number of fused-ring (bicyclic) bond motifs is 1. The fraction of sp³-hybridized carbons (Fsp3) is 0.357. The lowest BCUT2D eigenvalue weighted by molar-refractivity contribution is -0.136. The second kappa shape index (κ2) is 11.4. The second-order valence-corrected chi connectivity index (χ2v) is 10.9. The van der Waals surface area contributed by atoms with Gasteiger partial charge in [-0.2, -0.15) is 0 Å². The molecule has 0 saturated carbocycles. The number of hydrogen-bond acceptors (Lipinski definition) is 4. The van der Waals surface area contributed by atoms with Gasteiger partial charge in [-0.1, -0.05) is 46.6 Å². The van der Waals surface area contributed by atoms with Crippen molar-refractivity contribution in [1.82, 2.24) is 9.80 Å². The maximum atomic E-state index is 13.7. The summed E-state index contributed by atoms with van der Waals surface area (Å²) in [6, 6.07) is 17.1. The summed E-state index contributed by atoms with van der Waals surface area (Å²) in [4.78, 5) is 32.0. The highest BCUT2D eigenvalue weighted by Gasteiger charge is 2.34. The zero-order valence-corrected chi connectivity index (χ0v) is 22.8. The summed E-state index contributed by atoms with van der Waals surface area (Å²) in [5, 5.41) is 2.08. The number of ether oxygens (including phenoxy) is 1. The average molecular weight is 556 g/mol. The fourth-order valence-electron chi connectivity index (χ4n) is 4.36. The van der Waals surface area contributed by atoms with Crippen molar-refractivity contribution < 1.29 is 14.3 Å². The predicted octanol–water partition coefficient (Wildman–Crippen LogP) is 6.26. The lowest BCUT2D eigenvalue weighted by Gasteiger charge is -2.38. The molecule has 5 nitrogen and oxygen atoms in total. The molecule has 0 aliphatic carbocycles. The van der Waals surface area contributed by atoms with Gasteiger partial charge in [0.2, 0.25) is 5.91 Å². The van der Waals surface area contributed by atoms with E-state index in [1.807, 2.05) is 62.1 Å². The fourth-order valence-corrected chi connectivity index (χ4v) is 5.68. The maximum Gasteiger partial charge on any atom is 0.254 e. The van der Waals surface area contributed by atoms with E-state index in [2.05, 4.69) is 27.4 Å². The summed E-state index contributed by atoms with van der Waals surface area (Å²) in [7, 11) is 0. The molecule has 2 atom stereocenters. The minimum Gasteiger partial charge on any atom is -0.491 e. The molecule has 184 valence electrons. The summed E-state index contributed by atoms with van der Waals surface area (Å²) in [5.41, 5.74) is 2.90. The first-order valence-electron chi connectivity index (χ1n) is 12.0. The van der Waals surface area contributed by atoms with Crippen LogP contribution in [0, 0.1) is 6.92 Å². The quantitative estimate of drug-likeness (QED) is 0.330. The summed E-state index contributed by atoms with van der Waals surface area (Å²) in [6.07, 6.45) is 1.59. The lowest BCUT2D eigenvalue weighted by atomic mass is 10.00. The van der Waals surface area contributed by atoms with Crippen molar-refractivity contribution in [2.45, 2.75) is 45.7 Å². The molecule has 1 aliphatic heterocycles. The number of halogens is 1. The van der Waals surface area contributed by atoms with E-state index in [0.29, 0.717) is 18.7 Å². The molecule has 0 bridgehead atoms. The normalized spacial score (nSPS) is 15.9. The van der Waals surface area contributed by atoms with Gasteiger partial charge >= 0.3 is 0 Å². The Balaban J connectivity index is 1.54. The molecule has 7 heteroatoms. The Morgan fingerprint density at radius 2 is 1.97 bits per heavy atom. The van der Waals surface area contributed by atoms with Crippen LogP contribution in [0.4, 0.5) is 0 Å². The first-order valence-corrected chi connectivity index (χ1v) is 13.7. The van der Waals surface area contributed by atoms with Crippen LogP contribution in [0.2, 0.25) is 0 Å². The number of hydrogen-bond donors (Lipinski definition) is 0. The molecule has 1 aromatic heterocycles. The van der Waals surface area contributed by atoms with Crippen molar-refractivity contribution in [2.75, 3.05) is 19.7 Å². The summed E-state index contributed by atoms with van der Waals surface area (Å²) < 4.78 is 6.98. The molecule has 0 N–H and O–H groups in total. The zero-order chi connectivity index (χ0) is 24.9. The maximum absolute atomic E-state index is 13.7. The molecule has 2 aromatic carbocycles. The van der Waals surface area contributed by atoms with E-state index in [0.717, 1.165) is 28.6 Å². The Morgan fingerprint density at radius 3 is 2.69 bits per heavy atom. The van der Waals surface area contributed by atoms with Crippen LogP contribution in [0.25, 0.3) is 0 Å². The Morgan fingerprint density at radius 1 is 1.20 bits per heavy atom. The van der Waals surface area contributed by atoms with Gasteiger partial charge < -0.3 is 14.5 Å². The van der Waals surface area contributed by atoms with E-state index in [1.54, 1.807) is 28.4 Å². The van der Waals surface area contributed by atoms with Crippen molar-refractivity contribution in [1.29, 1.82) is 0 Å². The molecular weight excluding hydrogens is 524 g/mol. The van der Waals surface area contributed by atoms with Gasteiger partial charge in [-0.3, -0.25) is 9.59 Å². The van der Waals surface area contributed by atoms with E-state index < -0.39 is 0 Å². The first kappa shape index (κ1) is 25.5. The molecule has 35 heavy (non-hydrogen) atoms. The Kier molecular flexibility index (Phi) is 8.29. The van der Waals surface area contributed by atoms with Crippen molar-refractivity contribution >= 4 is 39.1 Å². The number of carbonyl (C=O) groups excluding carboxylic acids is 2. The summed E-state index contributed by atoms with van der Waals surface area (Å²) in [5.74, 6) is 0.606. The summed E-state index contributed by atoms with van der Waals surface area (Å²) >= 11 is 5.18. The molecule has 3 aromatic rings. The molecule has 1 aliphatic rings. The molecule has 2 heterocycles. The zero-order valence-electron chi connectivity index (χ0n) is 20.4. The van der Waals surface area contributed by atoms with E-state index in [1.165, 1.54) is 10.4 Å². The molecule has 2 amide bonds. The van der Waals surface area contributed by atoms with Gasteiger partial charge in [-0.25, -0.2) is 0 Å². The van der Waals surface area contributed by atoms with Crippen LogP contribution in [0.1, 0.15) is 52.7 Å². The minimum atomic E-state index is -0.182. The standard InChI is InChI=1S/C28H31BrN2O3S/c1-4-20(3)31(28(33)21-6-5-7-22(29)16-21)17-27(32)30-14-12-26-24(13-15-35-26)25(30)18-34-23-10-8-19(2)9-11-23/h5-11,13,15-16,20,25H,4,12,14,17-18H2,1-3H3/t20-,25-/m0/s1. The molecular formula is C28H31BrN2O3S. The third kappa shape index (κ3) is 5.96. The highest BCUT2D eigenvalue weighted by atomic mass is 79.9. The summed E-state index contributed by atoms with van der Waals surface area (Å²) in [6.45, 7) is 7.11. The Bertz CT molecular complexity index is 1180. The molecule has 0 radical (unpaired) electrons. The molecule has 0 unspecified atom stereocenters. The van der Waals surface area contributed by atoms with Crippen LogP contribution >= 0.6 is 27.3 Å². The topological polar surface area (TPSA) is 49.9 Å². The van der Waals surface area contributed by atoms with Gasteiger partial charge in [-0.05, 0) is 74.0 Å². The Hall–Kier alpha value is -2.64. The van der Waals surface area contributed by atoms with Crippen LogP contribution < -0.4 is 4.74 Å². The van der Waals surface area contributed by atoms with Gasteiger partial charge in [0.25, 0.3) is 5.91 Å². The smallest absolute Gasteiger partial charge is 0.254 e. The van der Waals surface area contributed by atoms with Crippen LogP contribution in [0.15, 0.2) is 64.5 Å². The number of thiophene rings is 1. The largest absolute Gasteiger partial charge is 0.491 e. The van der Waals surface area contributed by atoms with Gasteiger partial charge in [0, 0.05) is 27.5 Å². The van der Waals surface area contributed by atoms with E-state index >= 15 is 0 Å². The van der Waals surface area contributed by atoms with Crippen molar-refractivity contribution in [3.8, 4) is 5.75 Å². The molecule has 0 fully saturated rings. The second-order valence-electron chi connectivity index (χ2n) is 8.98. The third-order valence-corrected chi connectivity index (χ3v) is 8.09. The van der Waals surface area contributed by atoms with Gasteiger partial charge in [0.15, 0.2) is 0 Å². The molecule has 0 saturated heterocycles. The number of carbonyl (C=O) groups is 2. The number of benzene rings is 2. The van der Waals surface area contributed by atoms with Crippen LogP contribution in [0.3, 0.4) is 0 Å². The third-order valence-electron chi connectivity index (χ3n) is 6.60. The highest BCUT2D eigenvalue weighted by Crippen LogP contribution is 2.34. The van der Waals surface area contributed by atoms with E-state index in [9.17, 15) is 9.59 Å². The number of nitrogens with zero attached hydrogens (tertiary/aromatic N) is 2. The van der Waals surface area contributed by atoms with Crippen LogP contribution in [-0.2, 0) is 11.2 Å². The van der Waals surface area contributed by atoms with Crippen molar-refractivity contribution in [3.05, 3.63) is 86.0 Å². The predicted molar refractivity (Wildman–Crippen MR) is 144 cm³/mol.